The van der Waals surface area contributed by atoms with Crippen LogP contribution in [0.1, 0.15) is 51.8 Å². The average Bonchev–Trinajstić information content (AvgIpc) is 3.48. The minimum absolute atomic E-state index is 0.116. The smallest absolute Gasteiger partial charge is 0.187 e. The monoisotopic (exact) mass is 1040 g/mol. The van der Waals surface area contributed by atoms with Gasteiger partial charge in [-0.2, -0.15) is 0 Å². The third-order valence-corrected chi connectivity index (χ3v) is 13.5. The molecule has 0 aliphatic carbocycles. The Morgan fingerprint density at radius 2 is 0.623 bits per heavy atom. The van der Waals surface area contributed by atoms with Gasteiger partial charge in [-0.05, 0) is 51.8 Å². The van der Waals surface area contributed by atoms with Crippen LogP contribution in [0, 0.1) is 0 Å². The van der Waals surface area contributed by atoms with Gasteiger partial charge in [0, 0.05) is 0 Å². The Labute approximate surface area is 454 Å². The SMILES string of the molecule is C=CCCCO[C@@H]1O[C@H](COCc2ccccc2)[C@@H](O[C@@H]2O[C@H](COCc3ccccc3)[C@@H](OCc3ccccc3)[C@H](OCc3ccccc3)[C@H]2OCc2ccccc2)[C@H](OCc2ccccc2)[C@H]1OCc1ccccc1. The second-order valence-corrected chi connectivity index (χ2v) is 19.3. The van der Waals surface area contributed by atoms with Gasteiger partial charge in [-0.1, -0.05) is 218 Å². The maximum Gasteiger partial charge on any atom is 0.187 e. The molecule has 2 aliphatic heterocycles. The van der Waals surface area contributed by atoms with E-state index < -0.39 is 61.4 Å². The first-order chi connectivity index (χ1) is 38.2. The van der Waals surface area contributed by atoms with E-state index in [-0.39, 0.29) is 46.2 Å². The summed E-state index contributed by atoms with van der Waals surface area (Å²) < 4.78 is 77.3. The highest BCUT2D eigenvalue weighted by Crippen LogP contribution is 2.37. The molecule has 0 radical (unpaired) electrons. The summed E-state index contributed by atoms with van der Waals surface area (Å²) in [6, 6.07) is 70.6. The zero-order valence-electron chi connectivity index (χ0n) is 43.7. The van der Waals surface area contributed by atoms with Crippen LogP contribution in [0.2, 0.25) is 0 Å². The molecule has 2 fully saturated rings. The van der Waals surface area contributed by atoms with Gasteiger partial charge in [0.05, 0.1) is 66.1 Å². The molecule has 11 nitrogen and oxygen atoms in total. The van der Waals surface area contributed by atoms with Crippen LogP contribution in [0.25, 0.3) is 0 Å². The van der Waals surface area contributed by atoms with Crippen molar-refractivity contribution in [2.75, 3.05) is 19.8 Å². The average molecular weight is 1040 g/mol. The molecule has 0 N–H and O–H groups in total. The van der Waals surface area contributed by atoms with Crippen LogP contribution in [0.4, 0.5) is 0 Å². The highest BCUT2D eigenvalue weighted by molar-refractivity contribution is 5.19. The molecule has 7 aromatic rings. The molecule has 0 saturated carbocycles. The molecule has 2 aliphatic rings. The fraction of sp³-hybridized carbons (Fsp3) is 0.333. The highest BCUT2D eigenvalue weighted by Gasteiger charge is 2.54. The molecule has 2 heterocycles. The maximum atomic E-state index is 7.59. The predicted molar refractivity (Wildman–Crippen MR) is 295 cm³/mol. The van der Waals surface area contributed by atoms with Gasteiger partial charge in [0.2, 0.25) is 0 Å². The van der Waals surface area contributed by atoms with E-state index in [0.29, 0.717) is 19.8 Å². The van der Waals surface area contributed by atoms with Crippen molar-refractivity contribution in [2.45, 2.75) is 121 Å². The second kappa shape index (κ2) is 30.7. The van der Waals surface area contributed by atoms with Gasteiger partial charge >= 0.3 is 0 Å². The predicted octanol–water partition coefficient (Wildman–Crippen LogP) is 12.2. The zero-order valence-corrected chi connectivity index (χ0v) is 43.7. The van der Waals surface area contributed by atoms with Crippen molar-refractivity contribution in [1.82, 2.24) is 0 Å². The lowest BCUT2D eigenvalue weighted by atomic mass is 9.95. The van der Waals surface area contributed by atoms with Gasteiger partial charge in [-0.25, -0.2) is 0 Å². The lowest BCUT2D eigenvalue weighted by molar-refractivity contribution is -0.377. The summed E-state index contributed by atoms with van der Waals surface area (Å²) in [7, 11) is 0. The summed E-state index contributed by atoms with van der Waals surface area (Å²) >= 11 is 0. The van der Waals surface area contributed by atoms with Gasteiger partial charge < -0.3 is 52.1 Å². The molecule has 0 aromatic heterocycles. The van der Waals surface area contributed by atoms with Crippen molar-refractivity contribution in [3.63, 3.8) is 0 Å². The van der Waals surface area contributed by atoms with Gasteiger partial charge in [-0.15, -0.1) is 6.58 Å². The standard InChI is InChI=1S/C66H72O11/c1-2-3-25-40-69-65-63(73-46-55-36-21-9-22-37-55)62(72-45-54-34-19-8-20-35-54)60(58(75-65)49-68-42-51-28-13-5-14-29-51)77-66-64(74-47-56-38-23-10-24-39-56)61(71-44-53-32-17-7-18-33-53)59(70-43-52-30-15-6-16-31-52)57(76-66)48-67-41-50-26-11-4-12-27-50/h2,4-24,26-39,57-66H,1,3,25,40-49H2/t57-,58-,59-,60-,61+,62+,63-,64-,65-,66+/m1/s1. The number of hydrogen-bond donors (Lipinski definition) is 0. The number of rotatable bonds is 30. The Balaban J connectivity index is 1.12. The molecule has 0 unspecified atom stereocenters. The minimum atomic E-state index is -1.10. The van der Waals surface area contributed by atoms with Crippen LogP contribution in [0.5, 0.6) is 0 Å². The normalized spacial score (nSPS) is 23.3. The number of benzene rings is 7. The van der Waals surface area contributed by atoms with Gasteiger partial charge in [0.15, 0.2) is 12.6 Å². The first-order valence-corrected chi connectivity index (χ1v) is 26.9. The fourth-order valence-electron chi connectivity index (χ4n) is 9.52. The van der Waals surface area contributed by atoms with Crippen molar-refractivity contribution in [1.29, 1.82) is 0 Å². The van der Waals surface area contributed by atoms with Crippen molar-refractivity contribution < 1.29 is 52.1 Å². The lowest BCUT2D eigenvalue weighted by Gasteiger charge is -2.50. The van der Waals surface area contributed by atoms with Crippen molar-refractivity contribution in [3.8, 4) is 0 Å². The van der Waals surface area contributed by atoms with Crippen molar-refractivity contribution in [2.24, 2.45) is 0 Å². The Kier molecular flexibility index (Phi) is 22.2. The second-order valence-electron chi connectivity index (χ2n) is 19.3. The zero-order chi connectivity index (χ0) is 52.5. The molecule has 0 amide bonds. The van der Waals surface area contributed by atoms with E-state index in [1.165, 1.54) is 0 Å². The van der Waals surface area contributed by atoms with Crippen LogP contribution in [-0.4, -0.2) is 81.2 Å². The van der Waals surface area contributed by atoms with E-state index in [0.717, 1.165) is 51.8 Å². The van der Waals surface area contributed by atoms with E-state index in [1.807, 2.05) is 218 Å². The molecule has 7 aromatic carbocycles. The number of hydrogen-bond acceptors (Lipinski definition) is 11. The molecule has 402 valence electrons. The van der Waals surface area contributed by atoms with Crippen LogP contribution in [0.3, 0.4) is 0 Å². The molecule has 11 heteroatoms. The van der Waals surface area contributed by atoms with Gasteiger partial charge in [0.25, 0.3) is 0 Å². The largest absolute Gasteiger partial charge is 0.374 e. The van der Waals surface area contributed by atoms with E-state index >= 15 is 0 Å². The molecule has 10 atom stereocenters. The summed E-state index contributed by atoms with van der Waals surface area (Å²) in [5.41, 5.74) is 6.94. The summed E-state index contributed by atoms with van der Waals surface area (Å²) in [6.07, 6.45) is -4.85. The lowest BCUT2D eigenvalue weighted by Crippen LogP contribution is -2.66. The van der Waals surface area contributed by atoms with Crippen molar-refractivity contribution in [3.05, 3.63) is 264 Å². The topological polar surface area (TPSA) is 102 Å². The Morgan fingerprint density at radius 3 is 1.00 bits per heavy atom. The Hall–Kier alpha value is -6.16. The van der Waals surface area contributed by atoms with E-state index in [1.54, 1.807) is 0 Å². The Morgan fingerprint density at radius 1 is 0.325 bits per heavy atom. The summed E-state index contributed by atoms with van der Waals surface area (Å²) in [4.78, 5) is 0. The fourth-order valence-corrected chi connectivity index (χ4v) is 9.52. The van der Waals surface area contributed by atoms with Crippen LogP contribution in [-0.2, 0) is 98.4 Å². The Bertz CT molecular complexity index is 2670. The molecular formula is C66H72O11. The number of allylic oxidation sites excluding steroid dienone is 1. The maximum absolute atomic E-state index is 7.59. The minimum Gasteiger partial charge on any atom is -0.374 e. The molecular weight excluding hydrogens is 969 g/mol. The van der Waals surface area contributed by atoms with Crippen LogP contribution in [0.15, 0.2) is 225 Å². The molecule has 0 bridgehead atoms. The summed E-state index contributed by atoms with van der Waals surface area (Å²) in [5.74, 6) is 0. The van der Waals surface area contributed by atoms with E-state index in [4.69, 9.17) is 52.1 Å². The summed E-state index contributed by atoms with van der Waals surface area (Å²) in [6.45, 7) is 6.56. The molecule has 2 saturated heterocycles. The first-order valence-electron chi connectivity index (χ1n) is 26.9. The number of ether oxygens (including phenoxy) is 11. The van der Waals surface area contributed by atoms with Crippen LogP contribution >= 0.6 is 0 Å². The summed E-state index contributed by atoms with van der Waals surface area (Å²) in [5, 5.41) is 0. The number of unbranched alkanes of at least 4 members (excludes halogenated alkanes) is 1. The van der Waals surface area contributed by atoms with Gasteiger partial charge in [-0.3, -0.25) is 0 Å². The van der Waals surface area contributed by atoms with Crippen LogP contribution < -0.4 is 0 Å². The van der Waals surface area contributed by atoms with E-state index in [9.17, 15) is 0 Å². The quantitative estimate of drug-likeness (QED) is 0.0318. The highest BCUT2D eigenvalue weighted by atomic mass is 16.8. The van der Waals surface area contributed by atoms with Gasteiger partial charge in [0.1, 0.15) is 48.8 Å². The van der Waals surface area contributed by atoms with Crippen molar-refractivity contribution >= 4 is 0 Å². The first kappa shape index (κ1) is 55.6. The third kappa shape index (κ3) is 17.2. The molecule has 77 heavy (non-hydrogen) atoms. The van der Waals surface area contributed by atoms with E-state index in [2.05, 4.69) is 6.58 Å². The molecule has 9 rings (SSSR count). The molecule has 0 spiro atoms. The third-order valence-electron chi connectivity index (χ3n) is 13.5.